The van der Waals surface area contributed by atoms with Gasteiger partial charge in [0.2, 0.25) is 0 Å². The Kier molecular flexibility index (Phi) is 11.9. The lowest BCUT2D eigenvalue weighted by Gasteiger charge is -2.35. The van der Waals surface area contributed by atoms with Gasteiger partial charge in [-0.15, -0.1) is 0 Å². The van der Waals surface area contributed by atoms with Crippen LogP contribution in [0.15, 0.2) is 84.9 Å². The van der Waals surface area contributed by atoms with Gasteiger partial charge in [0.1, 0.15) is 18.0 Å². The molecule has 11 nitrogen and oxygen atoms in total. The summed E-state index contributed by atoms with van der Waals surface area (Å²) >= 11 is 0. The highest BCUT2D eigenvalue weighted by Gasteiger charge is 2.60. The van der Waals surface area contributed by atoms with Crippen LogP contribution < -0.4 is 4.74 Å². The topological polar surface area (TPSA) is 138 Å². The van der Waals surface area contributed by atoms with E-state index in [2.05, 4.69) is 0 Å². The van der Waals surface area contributed by atoms with E-state index in [4.69, 9.17) is 23.7 Å². The lowest BCUT2D eigenvalue weighted by atomic mass is 9.85. The van der Waals surface area contributed by atoms with Gasteiger partial charge in [0.05, 0.1) is 19.8 Å². The van der Waals surface area contributed by atoms with Crippen LogP contribution >= 0.6 is 0 Å². The second kappa shape index (κ2) is 16.0. The van der Waals surface area contributed by atoms with Crippen molar-refractivity contribution in [1.82, 2.24) is 4.90 Å². The van der Waals surface area contributed by atoms with Crippen LogP contribution in [0.3, 0.4) is 0 Å². The minimum absolute atomic E-state index is 0.0776. The number of carboxylic acid groups (broad SMARTS) is 1. The molecular formula is C35H39NO10. The number of amides is 1. The van der Waals surface area contributed by atoms with Crippen LogP contribution in [0.1, 0.15) is 44.2 Å². The number of hydrogen-bond donors (Lipinski definition) is 1. The number of aryl methyl sites for hydroxylation is 1. The number of ether oxygens (including phenoxy) is 5. The molecule has 1 N–H and O–H groups in total. The zero-order valence-corrected chi connectivity index (χ0v) is 26.1. The predicted octanol–water partition coefficient (Wildman–Crippen LogP) is 4.73. The van der Waals surface area contributed by atoms with Gasteiger partial charge in [-0.25, -0.2) is 9.59 Å². The quantitative estimate of drug-likeness (QED) is 0.185. The van der Waals surface area contributed by atoms with E-state index >= 15 is 0 Å². The summed E-state index contributed by atoms with van der Waals surface area (Å²) in [6, 6.07) is 26.0. The molecule has 1 aliphatic heterocycles. The smallest absolute Gasteiger partial charge is 0.379 e. The Labute approximate surface area is 268 Å². The fraction of sp³-hybridized carbons (Fsp3) is 0.371. The van der Waals surface area contributed by atoms with Crippen molar-refractivity contribution >= 4 is 23.8 Å². The van der Waals surface area contributed by atoms with E-state index < -0.39 is 54.9 Å². The maximum absolute atomic E-state index is 14.0. The van der Waals surface area contributed by atoms with E-state index in [1.807, 2.05) is 84.9 Å². The van der Waals surface area contributed by atoms with E-state index in [1.165, 1.54) is 4.90 Å². The van der Waals surface area contributed by atoms with Gasteiger partial charge in [-0.05, 0) is 69.0 Å². The monoisotopic (exact) mass is 633 g/mol. The molecule has 1 aliphatic rings. The van der Waals surface area contributed by atoms with Crippen molar-refractivity contribution in [2.75, 3.05) is 26.4 Å². The first-order chi connectivity index (χ1) is 22.2. The van der Waals surface area contributed by atoms with Crippen LogP contribution in [0.4, 0.5) is 0 Å². The van der Waals surface area contributed by atoms with Crippen molar-refractivity contribution in [3.05, 3.63) is 96.1 Å². The number of benzene rings is 3. The van der Waals surface area contributed by atoms with Crippen LogP contribution in [0.5, 0.6) is 11.5 Å². The number of para-hydroxylation sites is 1. The third-order valence-corrected chi connectivity index (χ3v) is 7.65. The summed E-state index contributed by atoms with van der Waals surface area (Å²) in [5.74, 6) is -5.91. The zero-order chi connectivity index (χ0) is 33.1. The fourth-order valence-electron chi connectivity index (χ4n) is 5.36. The molecule has 244 valence electrons. The number of aliphatic carboxylic acids is 1. The molecule has 0 unspecified atom stereocenters. The number of hydrogen-bond acceptors (Lipinski definition) is 9. The van der Waals surface area contributed by atoms with Crippen molar-refractivity contribution in [1.29, 1.82) is 0 Å². The fourth-order valence-corrected chi connectivity index (χ4v) is 5.36. The number of esters is 2. The second-order valence-electron chi connectivity index (χ2n) is 10.7. The molecule has 0 aromatic heterocycles. The summed E-state index contributed by atoms with van der Waals surface area (Å²) in [6.07, 6.45) is -0.233. The predicted molar refractivity (Wildman–Crippen MR) is 166 cm³/mol. The number of nitrogens with zero attached hydrogens (tertiary/aromatic N) is 1. The highest BCUT2D eigenvalue weighted by Crippen LogP contribution is 2.34. The van der Waals surface area contributed by atoms with Crippen LogP contribution in [0.25, 0.3) is 0 Å². The normalized spacial score (nSPS) is 16.5. The first-order valence-corrected chi connectivity index (χ1v) is 15.2. The zero-order valence-electron chi connectivity index (χ0n) is 26.1. The number of rotatable bonds is 15. The molecule has 3 aromatic rings. The maximum atomic E-state index is 14.0. The van der Waals surface area contributed by atoms with E-state index in [-0.39, 0.29) is 19.1 Å². The van der Waals surface area contributed by atoms with Gasteiger partial charge in [0.15, 0.2) is 6.10 Å². The van der Waals surface area contributed by atoms with Crippen molar-refractivity contribution in [2.24, 2.45) is 0 Å². The molecule has 0 radical (unpaired) electrons. The lowest BCUT2D eigenvalue weighted by Crippen LogP contribution is -2.53. The molecule has 11 heteroatoms. The van der Waals surface area contributed by atoms with Gasteiger partial charge >= 0.3 is 23.7 Å². The van der Waals surface area contributed by atoms with Crippen LogP contribution in [-0.4, -0.2) is 78.1 Å². The van der Waals surface area contributed by atoms with E-state index in [9.17, 15) is 24.3 Å². The molecule has 46 heavy (non-hydrogen) atoms. The summed E-state index contributed by atoms with van der Waals surface area (Å²) in [5.41, 5.74) is 1.95. The summed E-state index contributed by atoms with van der Waals surface area (Å²) in [4.78, 5) is 52.8. The number of carbonyl (C=O) groups excluding carboxylic acids is 3. The summed E-state index contributed by atoms with van der Waals surface area (Å²) in [7, 11) is 0. The molecule has 1 saturated heterocycles. The molecule has 1 amide bonds. The Morgan fingerprint density at radius 2 is 1.43 bits per heavy atom. The third-order valence-electron chi connectivity index (χ3n) is 7.65. The molecular weight excluding hydrogens is 594 g/mol. The Morgan fingerprint density at radius 1 is 0.870 bits per heavy atom. The van der Waals surface area contributed by atoms with Crippen molar-refractivity contribution in [3.8, 4) is 11.5 Å². The summed E-state index contributed by atoms with van der Waals surface area (Å²) in [6.45, 7) is 3.56. The van der Waals surface area contributed by atoms with Crippen LogP contribution in [0.2, 0.25) is 0 Å². The van der Waals surface area contributed by atoms with Gasteiger partial charge < -0.3 is 33.7 Å². The van der Waals surface area contributed by atoms with Crippen LogP contribution in [-0.2, 0) is 44.5 Å². The standard InChI is InChI=1S/C35H39NO10/c1-4-42-33(40)35(34(41)43-5-2)44-23-30(46-35)32(39)36(22-31(37)38)24(3)29(21-16-25-12-8-6-9-13-25)26-17-19-28(20-18-26)45-27-14-10-7-11-15-27/h6-15,17-20,24,29-30H,4-5,16,21-23H2,1-3H3,(H,37,38)/t24-,29+,30+/m1/s1. The first kappa shape index (κ1) is 34.1. The maximum Gasteiger partial charge on any atom is 0.379 e. The molecule has 4 rings (SSSR count). The molecule has 1 heterocycles. The SMILES string of the molecule is CCOC(=O)C1(C(=O)OCC)OC[C@@H](C(=O)N(CC(=O)O)[C@H](C)[C@H](CCc2ccccc2)c2ccc(Oc3ccccc3)cc2)O1. The molecule has 0 spiro atoms. The molecule has 0 bridgehead atoms. The molecule has 1 fully saturated rings. The van der Waals surface area contributed by atoms with Gasteiger partial charge in [-0.1, -0.05) is 60.7 Å². The van der Waals surface area contributed by atoms with E-state index in [0.717, 1.165) is 11.1 Å². The van der Waals surface area contributed by atoms with E-state index in [1.54, 1.807) is 20.8 Å². The minimum Gasteiger partial charge on any atom is -0.480 e. The molecule has 3 atom stereocenters. The number of carbonyl (C=O) groups is 4. The highest BCUT2D eigenvalue weighted by atomic mass is 16.8. The Bertz CT molecular complexity index is 1440. The van der Waals surface area contributed by atoms with E-state index in [0.29, 0.717) is 24.3 Å². The third kappa shape index (κ3) is 8.29. The number of carboxylic acids is 1. The Hall–Kier alpha value is -4.74. The molecule has 0 saturated carbocycles. The van der Waals surface area contributed by atoms with Gasteiger partial charge in [-0.3, -0.25) is 9.59 Å². The Morgan fingerprint density at radius 3 is 2.00 bits per heavy atom. The first-order valence-electron chi connectivity index (χ1n) is 15.2. The molecule has 0 aliphatic carbocycles. The Balaban J connectivity index is 1.62. The average molecular weight is 634 g/mol. The van der Waals surface area contributed by atoms with Gasteiger partial charge in [-0.2, -0.15) is 0 Å². The van der Waals surface area contributed by atoms with Crippen LogP contribution in [0, 0.1) is 0 Å². The summed E-state index contributed by atoms with van der Waals surface area (Å²) in [5, 5.41) is 9.85. The van der Waals surface area contributed by atoms with Crippen molar-refractivity contribution in [3.63, 3.8) is 0 Å². The van der Waals surface area contributed by atoms with Gasteiger partial charge in [0, 0.05) is 12.0 Å². The largest absolute Gasteiger partial charge is 0.480 e. The van der Waals surface area contributed by atoms with Gasteiger partial charge in [0.25, 0.3) is 5.91 Å². The minimum atomic E-state index is -2.59. The highest BCUT2D eigenvalue weighted by molar-refractivity contribution is 6.03. The van der Waals surface area contributed by atoms with Crippen molar-refractivity contribution < 1.29 is 48.0 Å². The average Bonchev–Trinajstić information content (AvgIpc) is 3.52. The second-order valence-corrected chi connectivity index (χ2v) is 10.7. The van der Waals surface area contributed by atoms with Crippen molar-refractivity contribution in [2.45, 2.75) is 57.5 Å². The lowest BCUT2D eigenvalue weighted by molar-refractivity contribution is -0.225. The summed E-state index contributed by atoms with van der Waals surface area (Å²) < 4.78 is 27.1. The molecule has 3 aromatic carbocycles.